The standard InChI is InChI=1S/C16H30N4/c1-16(2,3)15-13(11-19(5)18-15)12-20-9-7-6-8-14(20)10-17-4/h11,14,17H,6-10,12H2,1-5H3. The third-order valence-corrected chi connectivity index (χ3v) is 4.18. The van der Waals surface area contributed by atoms with Crippen LogP contribution in [0.1, 0.15) is 51.3 Å². The summed E-state index contributed by atoms with van der Waals surface area (Å²) in [6, 6.07) is 0.668. The number of aromatic nitrogens is 2. The number of aryl methyl sites for hydroxylation is 1. The zero-order chi connectivity index (χ0) is 14.8. The van der Waals surface area contributed by atoms with Crippen molar-refractivity contribution in [3.63, 3.8) is 0 Å². The monoisotopic (exact) mass is 278 g/mol. The molecule has 1 aliphatic heterocycles. The van der Waals surface area contributed by atoms with E-state index < -0.39 is 0 Å². The Kier molecular flexibility index (Phi) is 4.86. The largest absolute Gasteiger partial charge is 0.318 e. The molecule has 0 saturated carbocycles. The van der Waals surface area contributed by atoms with Gasteiger partial charge in [0.05, 0.1) is 5.69 Å². The van der Waals surface area contributed by atoms with Gasteiger partial charge >= 0.3 is 0 Å². The number of rotatable bonds is 4. The number of likely N-dealkylation sites (N-methyl/N-ethyl adjacent to an activating group) is 1. The Labute approximate surface area is 123 Å². The molecule has 20 heavy (non-hydrogen) atoms. The molecule has 1 aliphatic rings. The highest BCUT2D eigenvalue weighted by Crippen LogP contribution is 2.27. The van der Waals surface area contributed by atoms with Crippen LogP contribution >= 0.6 is 0 Å². The summed E-state index contributed by atoms with van der Waals surface area (Å²) in [5.41, 5.74) is 2.75. The van der Waals surface area contributed by atoms with Crippen LogP contribution in [-0.4, -0.2) is 40.9 Å². The predicted molar refractivity (Wildman–Crippen MR) is 83.9 cm³/mol. The van der Waals surface area contributed by atoms with Crippen molar-refractivity contribution >= 4 is 0 Å². The SMILES string of the molecule is CNCC1CCCCN1Cc1cn(C)nc1C(C)(C)C. The van der Waals surface area contributed by atoms with Gasteiger partial charge in [-0.1, -0.05) is 27.2 Å². The van der Waals surface area contributed by atoms with Crippen LogP contribution in [0.15, 0.2) is 6.20 Å². The van der Waals surface area contributed by atoms with Crippen LogP contribution in [0.3, 0.4) is 0 Å². The molecule has 0 radical (unpaired) electrons. The first-order chi connectivity index (χ1) is 9.41. The van der Waals surface area contributed by atoms with Gasteiger partial charge in [-0.3, -0.25) is 9.58 Å². The lowest BCUT2D eigenvalue weighted by Crippen LogP contribution is -2.44. The molecule has 0 spiro atoms. The topological polar surface area (TPSA) is 33.1 Å². The number of nitrogens with one attached hydrogen (secondary N) is 1. The molecule has 1 fully saturated rings. The minimum Gasteiger partial charge on any atom is -0.318 e. The van der Waals surface area contributed by atoms with E-state index in [0.717, 1.165) is 13.1 Å². The smallest absolute Gasteiger partial charge is 0.0722 e. The van der Waals surface area contributed by atoms with Gasteiger partial charge in [0.1, 0.15) is 0 Å². The fourth-order valence-corrected chi connectivity index (χ4v) is 3.24. The predicted octanol–water partition coefficient (Wildman–Crippen LogP) is 2.29. The quantitative estimate of drug-likeness (QED) is 0.917. The first kappa shape index (κ1) is 15.5. The Hall–Kier alpha value is -0.870. The Morgan fingerprint density at radius 3 is 2.75 bits per heavy atom. The lowest BCUT2D eigenvalue weighted by atomic mass is 9.89. The maximum absolute atomic E-state index is 4.69. The molecule has 4 nitrogen and oxygen atoms in total. The molecule has 1 unspecified atom stereocenters. The normalized spacial score (nSPS) is 21.4. The van der Waals surface area contributed by atoms with Crippen molar-refractivity contribution in [2.45, 2.75) is 58.0 Å². The second kappa shape index (κ2) is 6.27. The van der Waals surface area contributed by atoms with Crippen LogP contribution in [0.2, 0.25) is 0 Å². The van der Waals surface area contributed by atoms with E-state index in [9.17, 15) is 0 Å². The second-order valence-electron chi connectivity index (χ2n) is 7.10. The summed E-state index contributed by atoms with van der Waals surface area (Å²) in [5.74, 6) is 0. The van der Waals surface area contributed by atoms with Gasteiger partial charge in [0.2, 0.25) is 0 Å². The van der Waals surface area contributed by atoms with E-state index in [2.05, 4.69) is 44.2 Å². The van der Waals surface area contributed by atoms with Crippen molar-refractivity contribution in [1.29, 1.82) is 0 Å². The summed E-state index contributed by atoms with van der Waals surface area (Å²) in [6.07, 6.45) is 6.20. The maximum Gasteiger partial charge on any atom is 0.0722 e. The molecule has 2 heterocycles. The molecule has 4 heteroatoms. The van der Waals surface area contributed by atoms with Crippen LogP contribution in [0, 0.1) is 0 Å². The van der Waals surface area contributed by atoms with Gasteiger partial charge in [-0.15, -0.1) is 0 Å². The van der Waals surface area contributed by atoms with Crippen molar-refractivity contribution in [1.82, 2.24) is 20.0 Å². The molecule has 1 atom stereocenters. The van der Waals surface area contributed by atoms with Crippen molar-refractivity contribution in [3.05, 3.63) is 17.5 Å². The summed E-state index contributed by atoms with van der Waals surface area (Å²) in [4.78, 5) is 2.63. The van der Waals surface area contributed by atoms with Gasteiger partial charge in [-0.05, 0) is 26.4 Å². The first-order valence-electron chi connectivity index (χ1n) is 7.83. The lowest BCUT2D eigenvalue weighted by molar-refractivity contribution is 0.138. The van der Waals surface area contributed by atoms with Gasteiger partial charge < -0.3 is 5.32 Å². The van der Waals surface area contributed by atoms with Crippen LogP contribution in [0.5, 0.6) is 0 Å². The van der Waals surface area contributed by atoms with Crippen molar-refractivity contribution < 1.29 is 0 Å². The molecule has 0 bridgehead atoms. The van der Waals surface area contributed by atoms with Gasteiger partial charge in [-0.25, -0.2) is 0 Å². The van der Waals surface area contributed by atoms with Crippen LogP contribution in [-0.2, 0) is 19.0 Å². The summed E-state index contributed by atoms with van der Waals surface area (Å²) in [7, 11) is 4.08. The summed E-state index contributed by atoms with van der Waals surface area (Å²) < 4.78 is 1.97. The fraction of sp³-hybridized carbons (Fsp3) is 0.812. The lowest BCUT2D eigenvalue weighted by Gasteiger charge is -2.36. The molecule has 1 saturated heterocycles. The highest BCUT2D eigenvalue weighted by molar-refractivity contribution is 5.24. The number of likely N-dealkylation sites (tertiary alicyclic amines) is 1. The Morgan fingerprint density at radius 1 is 1.35 bits per heavy atom. The Bertz CT molecular complexity index is 428. The molecule has 114 valence electrons. The van der Waals surface area contributed by atoms with Crippen LogP contribution in [0.4, 0.5) is 0 Å². The average Bonchev–Trinajstić information content (AvgIpc) is 2.73. The van der Waals surface area contributed by atoms with E-state index in [4.69, 9.17) is 5.10 Å². The second-order valence-corrected chi connectivity index (χ2v) is 7.10. The highest BCUT2D eigenvalue weighted by Gasteiger charge is 2.26. The van der Waals surface area contributed by atoms with Gasteiger partial charge in [-0.2, -0.15) is 5.10 Å². The highest BCUT2D eigenvalue weighted by atomic mass is 15.3. The zero-order valence-electron chi connectivity index (χ0n) is 13.7. The fourth-order valence-electron chi connectivity index (χ4n) is 3.24. The molecular formula is C16H30N4. The Morgan fingerprint density at radius 2 is 2.10 bits per heavy atom. The van der Waals surface area contributed by atoms with Crippen molar-refractivity contribution in [3.8, 4) is 0 Å². The Balaban J connectivity index is 2.16. The van der Waals surface area contributed by atoms with Crippen LogP contribution < -0.4 is 5.32 Å². The van der Waals surface area contributed by atoms with E-state index in [-0.39, 0.29) is 5.41 Å². The molecule has 1 aromatic heterocycles. The zero-order valence-corrected chi connectivity index (χ0v) is 13.7. The van der Waals surface area contributed by atoms with Gasteiger partial charge in [0.15, 0.2) is 0 Å². The number of nitrogens with zero attached hydrogens (tertiary/aromatic N) is 3. The summed E-state index contributed by atoms with van der Waals surface area (Å²) >= 11 is 0. The third kappa shape index (κ3) is 3.61. The van der Waals surface area contributed by atoms with E-state index in [1.807, 2.05) is 11.7 Å². The third-order valence-electron chi connectivity index (χ3n) is 4.18. The van der Waals surface area contributed by atoms with Crippen LogP contribution in [0.25, 0.3) is 0 Å². The van der Waals surface area contributed by atoms with Crippen molar-refractivity contribution in [2.75, 3.05) is 20.1 Å². The molecule has 2 rings (SSSR count). The van der Waals surface area contributed by atoms with E-state index in [0.29, 0.717) is 6.04 Å². The van der Waals surface area contributed by atoms with E-state index in [1.54, 1.807) is 0 Å². The number of piperidine rings is 1. The number of hydrogen-bond donors (Lipinski definition) is 1. The molecule has 1 N–H and O–H groups in total. The maximum atomic E-state index is 4.69. The molecule has 0 aromatic carbocycles. The minimum absolute atomic E-state index is 0.116. The molecular weight excluding hydrogens is 248 g/mol. The van der Waals surface area contributed by atoms with Crippen molar-refractivity contribution in [2.24, 2.45) is 7.05 Å². The van der Waals surface area contributed by atoms with E-state index >= 15 is 0 Å². The van der Waals surface area contributed by atoms with E-state index in [1.165, 1.54) is 37.1 Å². The first-order valence-corrected chi connectivity index (χ1v) is 7.83. The van der Waals surface area contributed by atoms with Gasteiger partial charge in [0, 0.05) is 43.4 Å². The molecule has 0 amide bonds. The molecule has 1 aromatic rings. The summed E-state index contributed by atoms with van der Waals surface area (Å²) in [6.45, 7) is 10.1. The molecule has 0 aliphatic carbocycles. The summed E-state index contributed by atoms with van der Waals surface area (Å²) in [5, 5.41) is 8.03. The number of hydrogen-bond acceptors (Lipinski definition) is 3. The van der Waals surface area contributed by atoms with Gasteiger partial charge in [0.25, 0.3) is 0 Å². The average molecular weight is 278 g/mol. The minimum atomic E-state index is 0.116.